The molecule has 1 aliphatic rings. The van der Waals surface area contributed by atoms with Gasteiger partial charge in [-0.3, -0.25) is 9.79 Å². The van der Waals surface area contributed by atoms with Gasteiger partial charge in [0.1, 0.15) is 5.75 Å². The van der Waals surface area contributed by atoms with Crippen molar-refractivity contribution >= 4 is 17.5 Å². The molecule has 5 nitrogen and oxygen atoms in total. The summed E-state index contributed by atoms with van der Waals surface area (Å²) in [7, 11) is 2.95. The fraction of sp³-hybridized carbons (Fsp3) is 0.318. The summed E-state index contributed by atoms with van der Waals surface area (Å²) in [5.74, 6) is 0.279. The van der Waals surface area contributed by atoms with Crippen LogP contribution in [0.4, 0.5) is 0 Å². The second-order valence-corrected chi connectivity index (χ2v) is 7.24. The molecule has 1 heterocycles. The molecule has 2 aromatic carbocycles. The molecule has 0 bridgehead atoms. The van der Waals surface area contributed by atoms with E-state index in [4.69, 9.17) is 9.73 Å². The lowest BCUT2D eigenvalue weighted by atomic mass is 9.85. The van der Waals surface area contributed by atoms with Gasteiger partial charge in [-0.1, -0.05) is 18.2 Å². The number of esters is 1. The zero-order valence-corrected chi connectivity index (χ0v) is 16.0. The van der Waals surface area contributed by atoms with Gasteiger partial charge in [-0.25, -0.2) is 4.79 Å². The summed E-state index contributed by atoms with van der Waals surface area (Å²) in [5, 5.41) is 0. The highest BCUT2D eigenvalue weighted by Crippen LogP contribution is 2.31. The molecule has 0 unspecified atom stereocenters. The molecule has 1 aliphatic heterocycles. The van der Waals surface area contributed by atoms with Gasteiger partial charge in [-0.2, -0.15) is 0 Å². The number of Topliss-reactive ketones (excluding diaryl/α,β-unsaturated/α-hetero) is 1. The number of fused-ring (bicyclic) bond motifs is 1. The molecule has 3 rings (SSSR count). The van der Waals surface area contributed by atoms with Crippen molar-refractivity contribution in [2.75, 3.05) is 14.2 Å². The number of nitrogens with zero attached hydrogens (tertiary/aromatic N) is 1. The molecule has 0 atom stereocenters. The molecule has 0 spiro atoms. The molecular weight excluding hydrogens is 342 g/mol. The van der Waals surface area contributed by atoms with Crippen LogP contribution >= 0.6 is 0 Å². The average molecular weight is 365 g/mol. The summed E-state index contributed by atoms with van der Waals surface area (Å²) >= 11 is 0. The number of aliphatic imine (C=N–C) groups is 1. The van der Waals surface area contributed by atoms with E-state index in [9.17, 15) is 9.59 Å². The number of methoxy groups -OCH3 is 2. The number of carbonyl (C=O) groups is 2. The van der Waals surface area contributed by atoms with Crippen LogP contribution in [-0.4, -0.2) is 37.2 Å². The number of hydrogen-bond donors (Lipinski definition) is 0. The highest BCUT2D eigenvalue weighted by atomic mass is 16.5. The molecule has 27 heavy (non-hydrogen) atoms. The van der Waals surface area contributed by atoms with Gasteiger partial charge >= 0.3 is 5.97 Å². The highest BCUT2D eigenvalue weighted by Gasteiger charge is 2.28. The lowest BCUT2D eigenvalue weighted by Crippen LogP contribution is -2.30. The monoisotopic (exact) mass is 365 g/mol. The van der Waals surface area contributed by atoms with Gasteiger partial charge in [0.2, 0.25) is 0 Å². The molecule has 0 saturated carbocycles. The highest BCUT2D eigenvalue weighted by molar-refractivity contribution is 6.17. The van der Waals surface area contributed by atoms with Crippen molar-refractivity contribution < 1.29 is 19.1 Å². The molecule has 5 heteroatoms. The Morgan fingerprint density at radius 1 is 1.04 bits per heavy atom. The molecule has 0 amide bonds. The van der Waals surface area contributed by atoms with E-state index in [1.165, 1.54) is 12.7 Å². The molecule has 0 saturated heterocycles. The van der Waals surface area contributed by atoms with E-state index in [1.807, 2.05) is 18.2 Å². The van der Waals surface area contributed by atoms with Crippen LogP contribution in [0.5, 0.6) is 5.75 Å². The van der Waals surface area contributed by atoms with Crippen molar-refractivity contribution in [3.63, 3.8) is 0 Å². The second-order valence-electron chi connectivity index (χ2n) is 7.24. The van der Waals surface area contributed by atoms with E-state index in [2.05, 4.69) is 18.6 Å². The first-order chi connectivity index (χ1) is 12.8. The Hall–Kier alpha value is -2.95. The second kappa shape index (κ2) is 7.35. The van der Waals surface area contributed by atoms with Crippen LogP contribution in [0.3, 0.4) is 0 Å². The summed E-state index contributed by atoms with van der Waals surface area (Å²) in [6, 6.07) is 12.4. The number of carbonyl (C=O) groups excluding carboxylic acids is 2. The minimum Gasteiger partial charge on any atom is -0.497 e. The van der Waals surface area contributed by atoms with E-state index >= 15 is 0 Å². The number of benzene rings is 2. The SMILES string of the molecule is COC(=O)c1ccc(C(=O)CC2=NC(C)(C)Cc3ccc(OC)cc32)cc1. The van der Waals surface area contributed by atoms with Crippen molar-refractivity contribution in [3.05, 3.63) is 64.7 Å². The standard InChI is InChI=1S/C22H23NO4/c1-22(2)13-16-9-10-17(26-3)11-18(16)19(23-22)12-20(24)14-5-7-15(8-6-14)21(25)27-4/h5-11H,12-13H2,1-4H3. The fourth-order valence-electron chi connectivity index (χ4n) is 3.34. The van der Waals surface area contributed by atoms with Gasteiger partial charge in [0.15, 0.2) is 5.78 Å². The van der Waals surface area contributed by atoms with Gasteiger partial charge in [0.25, 0.3) is 0 Å². The Kier molecular flexibility index (Phi) is 5.13. The van der Waals surface area contributed by atoms with E-state index in [1.54, 1.807) is 31.4 Å². The predicted octanol–water partition coefficient (Wildman–Crippen LogP) is 3.88. The van der Waals surface area contributed by atoms with Gasteiger partial charge in [0.05, 0.1) is 37.5 Å². The maximum atomic E-state index is 12.8. The number of ether oxygens (including phenoxy) is 2. The maximum Gasteiger partial charge on any atom is 0.337 e. The Morgan fingerprint density at radius 2 is 1.70 bits per heavy atom. The van der Waals surface area contributed by atoms with Crippen LogP contribution in [0, 0.1) is 0 Å². The summed E-state index contributed by atoms with van der Waals surface area (Å²) in [6.07, 6.45) is 1.01. The molecule has 0 aliphatic carbocycles. The van der Waals surface area contributed by atoms with E-state index in [0.29, 0.717) is 11.1 Å². The molecule has 140 valence electrons. The first kappa shape index (κ1) is 18.8. The predicted molar refractivity (Wildman–Crippen MR) is 104 cm³/mol. The third-order valence-electron chi connectivity index (χ3n) is 4.64. The maximum absolute atomic E-state index is 12.8. The Labute approximate surface area is 159 Å². The summed E-state index contributed by atoms with van der Waals surface area (Å²) in [6.45, 7) is 4.13. The summed E-state index contributed by atoms with van der Waals surface area (Å²) < 4.78 is 10.0. The Morgan fingerprint density at radius 3 is 2.33 bits per heavy atom. The third kappa shape index (κ3) is 4.08. The summed E-state index contributed by atoms with van der Waals surface area (Å²) in [4.78, 5) is 29.2. The van der Waals surface area contributed by atoms with Crippen LogP contribution in [0.15, 0.2) is 47.5 Å². The van der Waals surface area contributed by atoms with Crippen LogP contribution < -0.4 is 4.74 Å². The molecule has 0 aromatic heterocycles. The van der Waals surface area contributed by atoms with Crippen LogP contribution in [0.25, 0.3) is 0 Å². The van der Waals surface area contributed by atoms with E-state index in [-0.39, 0.29) is 17.7 Å². The van der Waals surface area contributed by atoms with E-state index < -0.39 is 5.97 Å². The largest absolute Gasteiger partial charge is 0.497 e. The number of ketones is 1. The van der Waals surface area contributed by atoms with Gasteiger partial charge in [0, 0.05) is 11.1 Å². The van der Waals surface area contributed by atoms with Gasteiger partial charge in [-0.15, -0.1) is 0 Å². The smallest absolute Gasteiger partial charge is 0.337 e. The van der Waals surface area contributed by atoms with Crippen LogP contribution in [0.1, 0.15) is 52.1 Å². The van der Waals surface area contributed by atoms with Crippen molar-refractivity contribution in [2.45, 2.75) is 32.2 Å². The lowest BCUT2D eigenvalue weighted by Gasteiger charge is -2.29. The molecule has 0 fully saturated rings. The minimum absolute atomic E-state index is 0.0448. The quantitative estimate of drug-likeness (QED) is 0.596. The normalized spacial score (nSPS) is 14.7. The van der Waals surface area contributed by atoms with Crippen LogP contribution in [-0.2, 0) is 11.2 Å². The first-order valence-electron chi connectivity index (χ1n) is 8.80. The number of rotatable bonds is 5. The fourth-order valence-corrected chi connectivity index (χ4v) is 3.34. The number of hydrogen-bond acceptors (Lipinski definition) is 5. The van der Waals surface area contributed by atoms with Crippen molar-refractivity contribution in [3.8, 4) is 5.75 Å². The Balaban J connectivity index is 1.88. The zero-order chi connectivity index (χ0) is 19.6. The molecule has 0 radical (unpaired) electrons. The van der Waals surface area contributed by atoms with Crippen molar-refractivity contribution in [1.29, 1.82) is 0 Å². The topological polar surface area (TPSA) is 65.0 Å². The van der Waals surface area contributed by atoms with Crippen molar-refractivity contribution in [1.82, 2.24) is 0 Å². The Bertz CT molecular complexity index is 910. The molecule has 0 N–H and O–H groups in total. The molecular formula is C22H23NO4. The lowest BCUT2D eigenvalue weighted by molar-refractivity contribution is 0.0600. The first-order valence-corrected chi connectivity index (χ1v) is 8.80. The van der Waals surface area contributed by atoms with Gasteiger partial charge < -0.3 is 9.47 Å². The van der Waals surface area contributed by atoms with E-state index in [0.717, 1.165) is 23.4 Å². The third-order valence-corrected chi connectivity index (χ3v) is 4.64. The minimum atomic E-state index is -0.423. The van der Waals surface area contributed by atoms with Crippen LogP contribution in [0.2, 0.25) is 0 Å². The average Bonchev–Trinajstić information content (AvgIpc) is 2.66. The van der Waals surface area contributed by atoms with Crippen molar-refractivity contribution in [2.24, 2.45) is 4.99 Å². The van der Waals surface area contributed by atoms with Gasteiger partial charge in [-0.05, 0) is 50.1 Å². The summed E-state index contributed by atoms with van der Waals surface area (Å²) in [5.41, 5.74) is 3.60. The zero-order valence-electron chi connectivity index (χ0n) is 16.0. The molecule has 2 aromatic rings.